The summed E-state index contributed by atoms with van der Waals surface area (Å²) < 4.78 is 0. The van der Waals surface area contributed by atoms with Crippen molar-refractivity contribution < 1.29 is 5.11 Å². The number of hydrogen-bond acceptors (Lipinski definition) is 2. The third kappa shape index (κ3) is 5.53. The molecule has 9 heavy (non-hydrogen) atoms. The second-order valence-electron chi connectivity index (χ2n) is 1.95. The molecule has 0 amide bonds. The Morgan fingerprint density at radius 3 is 2.89 bits per heavy atom. The first-order valence-electron chi connectivity index (χ1n) is 3.32. The van der Waals surface area contributed by atoms with Gasteiger partial charge >= 0.3 is 0 Å². The van der Waals surface area contributed by atoms with E-state index in [1.54, 1.807) is 6.08 Å². The zero-order valence-electron chi connectivity index (χ0n) is 5.93. The third-order valence-corrected chi connectivity index (χ3v) is 1.14. The second-order valence-corrected chi connectivity index (χ2v) is 1.95. The van der Waals surface area contributed by atoms with Crippen LogP contribution in [0.5, 0.6) is 0 Å². The van der Waals surface area contributed by atoms with E-state index < -0.39 is 0 Å². The predicted molar refractivity (Wildman–Crippen MR) is 39.4 cm³/mol. The van der Waals surface area contributed by atoms with Crippen LogP contribution in [0.1, 0.15) is 13.3 Å². The first kappa shape index (κ1) is 8.66. The first-order chi connectivity index (χ1) is 4.31. The number of rotatable bonds is 5. The summed E-state index contributed by atoms with van der Waals surface area (Å²) >= 11 is 0. The Balaban J connectivity index is 2.96. The van der Waals surface area contributed by atoms with Crippen LogP contribution in [0.2, 0.25) is 0 Å². The Morgan fingerprint density at radius 2 is 2.44 bits per heavy atom. The van der Waals surface area contributed by atoms with Crippen molar-refractivity contribution in [3.05, 3.63) is 12.7 Å². The van der Waals surface area contributed by atoms with Crippen molar-refractivity contribution in [3.8, 4) is 0 Å². The van der Waals surface area contributed by atoms with Crippen molar-refractivity contribution in [1.82, 2.24) is 5.32 Å². The van der Waals surface area contributed by atoms with Gasteiger partial charge in [-0.05, 0) is 19.5 Å². The molecule has 0 spiro atoms. The fraction of sp³-hybridized carbons (Fsp3) is 0.714. The minimum atomic E-state index is -0.343. The van der Waals surface area contributed by atoms with E-state index in [9.17, 15) is 0 Å². The lowest BCUT2D eigenvalue weighted by atomic mass is 10.2. The average molecular weight is 129 g/mol. The van der Waals surface area contributed by atoms with Gasteiger partial charge in [0.1, 0.15) is 0 Å². The van der Waals surface area contributed by atoms with Gasteiger partial charge in [-0.2, -0.15) is 0 Å². The van der Waals surface area contributed by atoms with Gasteiger partial charge < -0.3 is 10.4 Å². The molecule has 0 rings (SSSR count). The fourth-order valence-electron chi connectivity index (χ4n) is 0.545. The molecule has 2 nitrogen and oxygen atoms in total. The summed E-state index contributed by atoms with van der Waals surface area (Å²) in [5.41, 5.74) is 0. The fourth-order valence-corrected chi connectivity index (χ4v) is 0.545. The van der Waals surface area contributed by atoms with Crippen LogP contribution in [0.3, 0.4) is 0 Å². The van der Waals surface area contributed by atoms with Gasteiger partial charge in [0.2, 0.25) is 0 Å². The highest BCUT2D eigenvalue weighted by molar-refractivity contribution is 4.77. The van der Waals surface area contributed by atoms with E-state index in [1.165, 1.54) is 0 Å². The SMILES string of the molecule is C=CC(O)CCNCC. The minimum Gasteiger partial charge on any atom is -0.389 e. The monoisotopic (exact) mass is 129 g/mol. The summed E-state index contributed by atoms with van der Waals surface area (Å²) in [6.45, 7) is 7.33. The van der Waals surface area contributed by atoms with Gasteiger partial charge in [0.05, 0.1) is 6.10 Å². The molecule has 0 aromatic carbocycles. The van der Waals surface area contributed by atoms with Crippen LogP contribution >= 0.6 is 0 Å². The van der Waals surface area contributed by atoms with Crippen LogP contribution in [0.25, 0.3) is 0 Å². The maximum absolute atomic E-state index is 8.93. The van der Waals surface area contributed by atoms with Crippen LogP contribution < -0.4 is 5.32 Å². The van der Waals surface area contributed by atoms with Gasteiger partial charge in [0.25, 0.3) is 0 Å². The molecule has 0 fully saturated rings. The summed E-state index contributed by atoms with van der Waals surface area (Å²) in [6, 6.07) is 0. The lowest BCUT2D eigenvalue weighted by molar-refractivity contribution is 0.212. The van der Waals surface area contributed by atoms with Crippen LogP contribution in [-0.2, 0) is 0 Å². The smallest absolute Gasteiger partial charge is 0.0730 e. The number of nitrogens with one attached hydrogen (secondary N) is 1. The Hall–Kier alpha value is -0.340. The first-order valence-corrected chi connectivity index (χ1v) is 3.32. The van der Waals surface area contributed by atoms with E-state index in [2.05, 4.69) is 11.9 Å². The zero-order valence-corrected chi connectivity index (χ0v) is 5.93. The number of aliphatic hydroxyl groups is 1. The lowest BCUT2D eigenvalue weighted by Crippen LogP contribution is -2.18. The molecule has 1 atom stereocenters. The Morgan fingerprint density at radius 1 is 1.78 bits per heavy atom. The van der Waals surface area contributed by atoms with Crippen LogP contribution in [0, 0.1) is 0 Å². The van der Waals surface area contributed by atoms with Crippen LogP contribution in [-0.4, -0.2) is 24.3 Å². The normalized spacial score (nSPS) is 13.1. The molecule has 0 aliphatic carbocycles. The summed E-state index contributed by atoms with van der Waals surface area (Å²) in [5.74, 6) is 0. The molecule has 0 radical (unpaired) electrons. The highest BCUT2D eigenvalue weighted by Gasteiger charge is 1.94. The van der Waals surface area contributed by atoms with E-state index in [1.807, 2.05) is 6.92 Å². The molecule has 54 valence electrons. The lowest BCUT2D eigenvalue weighted by Gasteiger charge is -2.03. The Labute approximate surface area is 56.6 Å². The van der Waals surface area contributed by atoms with Crippen molar-refractivity contribution in [2.45, 2.75) is 19.4 Å². The number of aliphatic hydroxyl groups excluding tert-OH is 1. The summed E-state index contributed by atoms with van der Waals surface area (Å²) in [4.78, 5) is 0. The predicted octanol–water partition coefficient (Wildman–Crippen LogP) is 0.533. The highest BCUT2D eigenvalue weighted by Crippen LogP contribution is 1.88. The molecule has 2 N–H and O–H groups in total. The third-order valence-electron chi connectivity index (χ3n) is 1.14. The quantitative estimate of drug-likeness (QED) is 0.419. The van der Waals surface area contributed by atoms with Gasteiger partial charge in [-0.1, -0.05) is 13.0 Å². The van der Waals surface area contributed by atoms with Crippen LogP contribution in [0.4, 0.5) is 0 Å². The average Bonchev–Trinajstić information content (AvgIpc) is 1.89. The zero-order chi connectivity index (χ0) is 7.11. The molecule has 0 saturated carbocycles. The summed E-state index contributed by atoms with van der Waals surface area (Å²) in [5, 5.41) is 12.0. The summed E-state index contributed by atoms with van der Waals surface area (Å²) in [7, 11) is 0. The maximum Gasteiger partial charge on any atom is 0.0730 e. The molecule has 0 heterocycles. The van der Waals surface area contributed by atoms with Gasteiger partial charge in [-0.3, -0.25) is 0 Å². The van der Waals surface area contributed by atoms with E-state index in [4.69, 9.17) is 5.11 Å². The van der Waals surface area contributed by atoms with E-state index in [0.29, 0.717) is 0 Å². The molecule has 0 aliphatic heterocycles. The van der Waals surface area contributed by atoms with Gasteiger partial charge in [-0.15, -0.1) is 6.58 Å². The Kier molecular flexibility index (Phi) is 5.57. The Bertz CT molecular complexity index is 73.3. The highest BCUT2D eigenvalue weighted by atomic mass is 16.3. The van der Waals surface area contributed by atoms with E-state index >= 15 is 0 Å². The van der Waals surface area contributed by atoms with Crippen molar-refractivity contribution in [3.63, 3.8) is 0 Å². The molecular weight excluding hydrogens is 114 g/mol. The molecule has 2 heteroatoms. The van der Waals surface area contributed by atoms with Gasteiger partial charge in [-0.25, -0.2) is 0 Å². The number of hydrogen-bond donors (Lipinski definition) is 2. The van der Waals surface area contributed by atoms with Crippen molar-refractivity contribution in [2.75, 3.05) is 13.1 Å². The van der Waals surface area contributed by atoms with Gasteiger partial charge in [0, 0.05) is 0 Å². The van der Waals surface area contributed by atoms with Gasteiger partial charge in [0.15, 0.2) is 0 Å². The van der Waals surface area contributed by atoms with Crippen molar-refractivity contribution in [2.24, 2.45) is 0 Å². The topological polar surface area (TPSA) is 32.3 Å². The molecule has 0 bridgehead atoms. The second kappa shape index (κ2) is 5.79. The maximum atomic E-state index is 8.93. The summed E-state index contributed by atoms with van der Waals surface area (Å²) in [6.07, 6.45) is 1.97. The van der Waals surface area contributed by atoms with E-state index in [-0.39, 0.29) is 6.10 Å². The molecule has 0 saturated heterocycles. The molecule has 0 aliphatic rings. The molecule has 0 aromatic rings. The molecular formula is C7H15NO. The minimum absolute atomic E-state index is 0.343. The molecule has 1 unspecified atom stereocenters. The standard InChI is InChI=1S/C7H15NO/c1-3-7(9)5-6-8-4-2/h3,7-9H,1,4-6H2,2H3. The molecule has 0 aromatic heterocycles. The van der Waals surface area contributed by atoms with Crippen LogP contribution in [0.15, 0.2) is 12.7 Å². The van der Waals surface area contributed by atoms with Crippen molar-refractivity contribution >= 4 is 0 Å². The van der Waals surface area contributed by atoms with Crippen molar-refractivity contribution in [1.29, 1.82) is 0 Å². The van der Waals surface area contributed by atoms with E-state index in [0.717, 1.165) is 19.5 Å². The largest absolute Gasteiger partial charge is 0.389 e.